The Labute approximate surface area is 98.7 Å². The van der Waals surface area contributed by atoms with Gasteiger partial charge < -0.3 is 10.4 Å². The Kier molecular flexibility index (Phi) is 5.50. The SMILES string of the molecule is CC.OCC1(c2ccccc2)CCCNC1. The lowest BCUT2D eigenvalue weighted by atomic mass is 9.75. The zero-order chi connectivity index (χ0) is 11.9. The van der Waals surface area contributed by atoms with Gasteiger partial charge in [-0.1, -0.05) is 44.2 Å². The average Bonchev–Trinajstić information content (AvgIpc) is 2.43. The first-order valence-corrected chi connectivity index (χ1v) is 6.24. The zero-order valence-corrected chi connectivity index (χ0v) is 10.4. The zero-order valence-electron chi connectivity index (χ0n) is 10.4. The van der Waals surface area contributed by atoms with E-state index < -0.39 is 0 Å². The van der Waals surface area contributed by atoms with E-state index in [0.29, 0.717) is 0 Å². The molecular formula is C14H23NO. The minimum atomic E-state index is -0.0422. The second-order valence-corrected chi connectivity index (χ2v) is 4.08. The average molecular weight is 221 g/mol. The smallest absolute Gasteiger partial charge is 0.0540 e. The lowest BCUT2D eigenvalue weighted by Crippen LogP contribution is -2.45. The maximum atomic E-state index is 9.55. The number of aliphatic hydroxyl groups is 1. The molecule has 2 nitrogen and oxygen atoms in total. The van der Waals surface area contributed by atoms with E-state index in [1.165, 1.54) is 5.56 Å². The molecule has 0 amide bonds. The van der Waals surface area contributed by atoms with E-state index in [9.17, 15) is 5.11 Å². The van der Waals surface area contributed by atoms with E-state index in [2.05, 4.69) is 17.4 Å². The molecule has 0 saturated carbocycles. The summed E-state index contributed by atoms with van der Waals surface area (Å²) in [5, 5.41) is 12.9. The molecule has 0 aliphatic carbocycles. The van der Waals surface area contributed by atoms with Crippen molar-refractivity contribution >= 4 is 0 Å². The predicted octanol–water partition coefficient (Wildman–Crippen LogP) is 2.33. The minimum absolute atomic E-state index is 0.0422. The standard InChI is InChI=1S/C12H17NO.C2H6/c14-10-12(7-4-8-13-9-12)11-5-2-1-3-6-11;1-2/h1-3,5-6,13-14H,4,7-10H2;1-2H3. The van der Waals surface area contributed by atoms with Crippen LogP contribution in [0.4, 0.5) is 0 Å². The third-order valence-corrected chi connectivity index (χ3v) is 3.16. The lowest BCUT2D eigenvalue weighted by Gasteiger charge is -2.36. The molecule has 0 spiro atoms. The highest BCUT2D eigenvalue weighted by Crippen LogP contribution is 2.30. The first kappa shape index (κ1) is 13.2. The molecule has 16 heavy (non-hydrogen) atoms. The van der Waals surface area contributed by atoms with Crippen molar-refractivity contribution in [2.24, 2.45) is 0 Å². The fraction of sp³-hybridized carbons (Fsp3) is 0.571. The summed E-state index contributed by atoms with van der Waals surface area (Å²) in [4.78, 5) is 0. The van der Waals surface area contributed by atoms with Crippen LogP contribution in [0.3, 0.4) is 0 Å². The van der Waals surface area contributed by atoms with Gasteiger partial charge in [0.2, 0.25) is 0 Å². The molecule has 1 saturated heterocycles. The van der Waals surface area contributed by atoms with Gasteiger partial charge in [0.15, 0.2) is 0 Å². The number of hydrogen-bond donors (Lipinski definition) is 2. The number of rotatable bonds is 2. The molecular weight excluding hydrogens is 198 g/mol. The summed E-state index contributed by atoms with van der Waals surface area (Å²) in [5.74, 6) is 0. The molecule has 1 aromatic carbocycles. The van der Waals surface area contributed by atoms with Crippen LogP contribution in [0, 0.1) is 0 Å². The second-order valence-electron chi connectivity index (χ2n) is 4.08. The van der Waals surface area contributed by atoms with Gasteiger partial charge in [0.1, 0.15) is 0 Å². The fourth-order valence-corrected chi connectivity index (χ4v) is 2.23. The molecule has 1 aromatic rings. The highest BCUT2D eigenvalue weighted by atomic mass is 16.3. The van der Waals surface area contributed by atoms with Gasteiger partial charge in [-0.3, -0.25) is 0 Å². The Morgan fingerprint density at radius 2 is 1.94 bits per heavy atom. The number of hydrogen-bond acceptors (Lipinski definition) is 2. The maximum Gasteiger partial charge on any atom is 0.0540 e. The Hall–Kier alpha value is -0.860. The third kappa shape index (κ3) is 2.83. The molecule has 0 bridgehead atoms. The Morgan fingerprint density at radius 3 is 2.44 bits per heavy atom. The Bertz CT molecular complexity index is 278. The van der Waals surface area contributed by atoms with Crippen molar-refractivity contribution in [3.8, 4) is 0 Å². The van der Waals surface area contributed by atoms with E-state index in [-0.39, 0.29) is 12.0 Å². The van der Waals surface area contributed by atoms with Gasteiger partial charge in [-0.25, -0.2) is 0 Å². The van der Waals surface area contributed by atoms with Gasteiger partial charge in [-0.05, 0) is 24.9 Å². The van der Waals surface area contributed by atoms with Crippen LogP contribution in [0.5, 0.6) is 0 Å². The van der Waals surface area contributed by atoms with Crippen molar-refractivity contribution in [1.29, 1.82) is 0 Å². The quantitative estimate of drug-likeness (QED) is 0.803. The summed E-state index contributed by atoms with van der Waals surface area (Å²) < 4.78 is 0. The fourth-order valence-electron chi connectivity index (χ4n) is 2.23. The molecule has 1 fully saturated rings. The largest absolute Gasteiger partial charge is 0.395 e. The molecule has 90 valence electrons. The van der Waals surface area contributed by atoms with Crippen LogP contribution < -0.4 is 5.32 Å². The highest BCUT2D eigenvalue weighted by molar-refractivity contribution is 5.26. The van der Waals surface area contributed by atoms with Crippen molar-refractivity contribution in [2.45, 2.75) is 32.1 Å². The third-order valence-electron chi connectivity index (χ3n) is 3.16. The summed E-state index contributed by atoms with van der Waals surface area (Å²) in [6.07, 6.45) is 2.23. The molecule has 1 heterocycles. The molecule has 1 atom stereocenters. The summed E-state index contributed by atoms with van der Waals surface area (Å²) in [6.45, 7) is 6.21. The van der Waals surface area contributed by atoms with Gasteiger partial charge in [-0.15, -0.1) is 0 Å². The van der Waals surface area contributed by atoms with E-state index in [4.69, 9.17) is 0 Å². The number of piperidine rings is 1. The molecule has 2 heteroatoms. The lowest BCUT2D eigenvalue weighted by molar-refractivity contribution is 0.162. The number of aliphatic hydroxyl groups excluding tert-OH is 1. The molecule has 1 aliphatic heterocycles. The van der Waals surface area contributed by atoms with Crippen LogP contribution >= 0.6 is 0 Å². The Balaban J connectivity index is 0.000000606. The van der Waals surface area contributed by atoms with E-state index in [0.717, 1.165) is 25.9 Å². The van der Waals surface area contributed by atoms with E-state index >= 15 is 0 Å². The monoisotopic (exact) mass is 221 g/mol. The van der Waals surface area contributed by atoms with E-state index in [1.807, 2.05) is 32.0 Å². The highest BCUT2D eigenvalue weighted by Gasteiger charge is 2.32. The molecule has 2 N–H and O–H groups in total. The first-order valence-electron chi connectivity index (χ1n) is 6.24. The van der Waals surface area contributed by atoms with Crippen molar-refractivity contribution in [2.75, 3.05) is 19.7 Å². The number of nitrogens with one attached hydrogen (secondary N) is 1. The molecule has 0 radical (unpaired) electrons. The summed E-state index contributed by atoms with van der Waals surface area (Å²) in [7, 11) is 0. The van der Waals surface area contributed by atoms with Gasteiger partial charge >= 0.3 is 0 Å². The Morgan fingerprint density at radius 1 is 1.25 bits per heavy atom. The van der Waals surface area contributed by atoms with Crippen LogP contribution in [-0.2, 0) is 5.41 Å². The number of benzene rings is 1. The topological polar surface area (TPSA) is 32.3 Å². The molecule has 1 aliphatic rings. The summed E-state index contributed by atoms with van der Waals surface area (Å²) >= 11 is 0. The van der Waals surface area contributed by atoms with E-state index in [1.54, 1.807) is 0 Å². The second kappa shape index (κ2) is 6.66. The van der Waals surface area contributed by atoms with Crippen molar-refractivity contribution in [3.63, 3.8) is 0 Å². The molecule has 0 aromatic heterocycles. The van der Waals surface area contributed by atoms with Crippen LogP contribution in [0.2, 0.25) is 0 Å². The summed E-state index contributed by atoms with van der Waals surface area (Å²) in [5.41, 5.74) is 1.22. The summed E-state index contributed by atoms with van der Waals surface area (Å²) in [6, 6.07) is 10.3. The minimum Gasteiger partial charge on any atom is -0.395 e. The van der Waals surface area contributed by atoms with Crippen molar-refractivity contribution in [3.05, 3.63) is 35.9 Å². The maximum absolute atomic E-state index is 9.55. The van der Waals surface area contributed by atoms with Crippen LogP contribution in [0.15, 0.2) is 30.3 Å². The van der Waals surface area contributed by atoms with Crippen molar-refractivity contribution < 1.29 is 5.11 Å². The first-order chi connectivity index (χ1) is 7.87. The van der Waals surface area contributed by atoms with Gasteiger partial charge in [-0.2, -0.15) is 0 Å². The van der Waals surface area contributed by atoms with Crippen LogP contribution in [0.1, 0.15) is 32.3 Å². The van der Waals surface area contributed by atoms with Gasteiger partial charge in [0.25, 0.3) is 0 Å². The molecule has 1 unspecified atom stereocenters. The van der Waals surface area contributed by atoms with Crippen LogP contribution in [-0.4, -0.2) is 24.8 Å². The predicted molar refractivity (Wildman–Crippen MR) is 68.7 cm³/mol. The normalized spacial score (nSPS) is 24.4. The molecule has 2 rings (SSSR count). The van der Waals surface area contributed by atoms with Crippen LogP contribution in [0.25, 0.3) is 0 Å². The van der Waals surface area contributed by atoms with Gasteiger partial charge in [0.05, 0.1) is 6.61 Å². The van der Waals surface area contributed by atoms with Crippen molar-refractivity contribution in [1.82, 2.24) is 5.32 Å². The van der Waals surface area contributed by atoms with Gasteiger partial charge in [0, 0.05) is 12.0 Å².